The van der Waals surface area contributed by atoms with Gasteiger partial charge in [0.15, 0.2) is 0 Å². The first-order valence-corrected chi connectivity index (χ1v) is 4.30. The molecule has 0 spiro atoms. The monoisotopic (exact) mass is 227 g/mol. The van der Waals surface area contributed by atoms with Gasteiger partial charge in [-0.1, -0.05) is 6.07 Å². The van der Waals surface area contributed by atoms with E-state index in [1.54, 1.807) is 6.07 Å². The number of ether oxygens (including phenoxy) is 1. The van der Waals surface area contributed by atoms with Crippen LogP contribution in [-0.4, -0.2) is 7.11 Å². The van der Waals surface area contributed by atoms with Crippen molar-refractivity contribution in [2.24, 2.45) is 0 Å². The molecule has 1 aromatic carbocycles. The van der Waals surface area contributed by atoms with Gasteiger partial charge in [-0.3, -0.25) is 0 Å². The number of hydrogen-bond donors (Lipinski definition) is 0. The molecule has 0 unspecified atom stereocenters. The SMILES string of the molecule is COc1ccc(C=CC#N)cc1C(F)(F)F. The van der Waals surface area contributed by atoms with Crippen LogP contribution < -0.4 is 4.74 Å². The highest BCUT2D eigenvalue weighted by Crippen LogP contribution is 2.36. The first-order valence-electron chi connectivity index (χ1n) is 4.30. The Kier molecular flexibility index (Phi) is 3.56. The lowest BCUT2D eigenvalue weighted by Gasteiger charge is -2.12. The van der Waals surface area contributed by atoms with Crippen molar-refractivity contribution in [3.63, 3.8) is 0 Å². The van der Waals surface area contributed by atoms with Crippen LogP contribution in [0.1, 0.15) is 11.1 Å². The van der Waals surface area contributed by atoms with Gasteiger partial charge >= 0.3 is 6.18 Å². The zero-order chi connectivity index (χ0) is 12.2. The molecule has 0 N–H and O–H groups in total. The summed E-state index contributed by atoms with van der Waals surface area (Å²) in [7, 11) is 1.18. The smallest absolute Gasteiger partial charge is 0.419 e. The Balaban J connectivity index is 3.23. The Bertz CT molecular complexity index is 444. The summed E-state index contributed by atoms with van der Waals surface area (Å²) in [6.45, 7) is 0. The van der Waals surface area contributed by atoms with Crippen molar-refractivity contribution in [3.05, 3.63) is 35.4 Å². The molecule has 5 heteroatoms. The second-order valence-corrected chi connectivity index (χ2v) is 2.92. The van der Waals surface area contributed by atoms with Crippen LogP contribution >= 0.6 is 0 Å². The number of nitrogens with zero attached hydrogens (tertiary/aromatic N) is 1. The second-order valence-electron chi connectivity index (χ2n) is 2.92. The van der Waals surface area contributed by atoms with Crippen molar-refractivity contribution in [3.8, 4) is 11.8 Å². The van der Waals surface area contributed by atoms with Gasteiger partial charge in [0.2, 0.25) is 0 Å². The Morgan fingerprint density at radius 3 is 2.56 bits per heavy atom. The van der Waals surface area contributed by atoms with E-state index in [1.165, 1.54) is 25.3 Å². The fraction of sp³-hybridized carbons (Fsp3) is 0.182. The molecule has 1 rings (SSSR count). The lowest BCUT2D eigenvalue weighted by molar-refractivity contribution is -0.138. The van der Waals surface area contributed by atoms with Crippen LogP contribution in [0.5, 0.6) is 5.75 Å². The lowest BCUT2D eigenvalue weighted by Crippen LogP contribution is -2.07. The van der Waals surface area contributed by atoms with Crippen molar-refractivity contribution in [2.45, 2.75) is 6.18 Å². The third-order valence-electron chi connectivity index (χ3n) is 1.88. The van der Waals surface area contributed by atoms with E-state index in [9.17, 15) is 13.2 Å². The molecule has 1 aromatic rings. The minimum absolute atomic E-state index is 0.235. The van der Waals surface area contributed by atoms with Crippen LogP contribution in [0.25, 0.3) is 6.08 Å². The maximum Gasteiger partial charge on any atom is 0.419 e. The van der Waals surface area contributed by atoms with Crippen molar-refractivity contribution < 1.29 is 17.9 Å². The highest BCUT2D eigenvalue weighted by Gasteiger charge is 2.34. The third-order valence-corrected chi connectivity index (χ3v) is 1.88. The molecule has 0 aliphatic carbocycles. The summed E-state index contributed by atoms with van der Waals surface area (Å²) >= 11 is 0. The highest BCUT2D eigenvalue weighted by atomic mass is 19.4. The number of benzene rings is 1. The van der Waals surface area contributed by atoms with Gasteiger partial charge in [0, 0.05) is 6.08 Å². The summed E-state index contributed by atoms with van der Waals surface area (Å²) in [6.07, 6.45) is -2.06. The molecule has 0 atom stereocenters. The number of rotatable bonds is 2. The van der Waals surface area contributed by atoms with Gasteiger partial charge in [-0.2, -0.15) is 18.4 Å². The lowest BCUT2D eigenvalue weighted by atomic mass is 10.1. The molecule has 0 aromatic heterocycles. The van der Waals surface area contributed by atoms with Crippen LogP contribution in [0.2, 0.25) is 0 Å². The van der Waals surface area contributed by atoms with Gasteiger partial charge in [0.25, 0.3) is 0 Å². The Hall–Kier alpha value is -1.96. The Labute approximate surface area is 90.6 Å². The van der Waals surface area contributed by atoms with Crippen LogP contribution in [0.4, 0.5) is 13.2 Å². The van der Waals surface area contributed by atoms with Crippen molar-refractivity contribution in [2.75, 3.05) is 7.11 Å². The molecule has 0 radical (unpaired) electrons. The maximum atomic E-state index is 12.6. The van der Waals surface area contributed by atoms with E-state index in [1.807, 2.05) is 0 Å². The zero-order valence-corrected chi connectivity index (χ0v) is 8.38. The zero-order valence-electron chi connectivity index (χ0n) is 8.38. The normalized spacial score (nSPS) is 11.4. The maximum absolute atomic E-state index is 12.6. The van der Waals surface area contributed by atoms with E-state index in [2.05, 4.69) is 4.74 Å². The Morgan fingerprint density at radius 2 is 2.06 bits per heavy atom. The summed E-state index contributed by atoms with van der Waals surface area (Å²) in [5, 5.41) is 8.27. The molecule has 0 heterocycles. The number of methoxy groups -OCH3 is 1. The fourth-order valence-corrected chi connectivity index (χ4v) is 1.18. The van der Waals surface area contributed by atoms with Crippen LogP contribution in [-0.2, 0) is 6.18 Å². The second kappa shape index (κ2) is 4.71. The fourth-order valence-electron chi connectivity index (χ4n) is 1.18. The van der Waals surface area contributed by atoms with Gasteiger partial charge in [0.1, 0.15) is 5.75 Å². The van der Waals surface area contributed by atoms with Gasteiger partial charge in [-0.15, -0.1) is 0 Å². The standard InChI is InChI=1S/C11H8F3NO/c1-16-10-5-4-8(3-2-6-15)7-9(10)11(12,13)14/h2-5,7H,1H3. The number of halogens is 3. The van der Waals surface area contributed by atoms with Crippen molar-refractivity contribution in [1.82, 2.24) is 0 Å². The molecule has 0 amide bonds. The van der Waals surface area contributed by atoms with Gasteiger partial charge in [-0.25, -0.2) is 0 Å². The number of alkyl halides is 3. The minimum Gasteiger partial charge on any atom is -0.496 e. The quantitative estimate of drug-likeness (QED) is 0.726. The van der Waals surface area contributed by atoms with Gasteiger partial charge < -0.3 is 4.74 Å². The highest BCUT2D eigenvalue weighted by molar-refractivity contribution is 5.55. The number of hydrogen-bond acceptors (Lipinski definition) is 2. The van der Waals surface area contributed by atoms with Crippen molar-refractivity contribution >= 4 is 6.08 Å². The Morgan fingerprint density at radius 1 is 1.38 bits per heavy atom. The number of allylic oxidation sites excluding steroid dienone is 1. The molecule has 84 valence electrons. The molecule has 0 aliphatic heterocycles. The predicted molar refractivity (Wildman–Crippen MR) is 52.6 cm³/mol. The van der Waals surface area contributed by atoms with E-state index in [4.69, 9.17) is 5.26 Å². The molecule has 0 saturated carbocycles. The average Bonchev–Trinajstić information content (AvgIpc) is 2.24. The van der Waals surface area contributed by atoms with Crippen molar-refractivity contribution in [1.29, 1.82) is 5.26 Å². The average molecular weight is 227 g/mol. The predicted octanol–water partition coefficient (Wildman–Crippen LogP) is 3.25. The van der Waals surface area contributed by atoms with E-state index in [-0.39, 0.29) is 5.75 Å². The summed E-state index contributed by atoms with van der Waals surface area (Å²) < 4.78 is 42.3. The summed E-state index contributed by atoms with van der Waals surface area (Å²) in [5.74, 6) is -0.235. The summed E-state index contributed by atoms with van der Waals surface area (Å²) in [6, 6.07) is 5.32. The molecule has 0 saturated heterocycles. The first-order chi connectivity index (χ1) is 7.49. The molecule has 0 fully saturated rings. The topological polar surface area (TPSA) is 33.0 Å². The van der Waals surface area contributed by atoms with Crippen LogP contribution in [0.15, 0.2) is 24.3 Å². The van der Waals surface area contributed by atoms with Crippen LogP contribution in [0.3, 0.4) is 0 Å². The van der Waals surface area contributed by atoms with Crippen LogP contribution in [0, 0.1) is 11.3 Å². The molecule has 16 heavy (non-hydrogen) atoms. The minimum atomic E-state index is -4.47. The van der Waals surface area contributed by atoms with Gasteiger partial charge in [0.05, 0.1) is 18.7 Å². The molecular weight excluding hydrogens is 219 g/mol. The molecule has 2 nitrogen and oxygen atoms in total. The van der Waals surface area contributed by atoms with E-state index in [0.717, 1.165) is 12.1 Å². The van der Waals surface area contributed by atoms with E-state index < -0.39 is 11.7 Å². The molecule has 0 bridgehead atoms. The third kappa shape index (κ3) is 2.76. The molecular formula is C11H8F3NO. The summed E-state index contributed by atoms with van der Waals surface area (Å²) in [5.41, 5.74) is -0.551. The summed E-state index contributed by atoms with van der Waals surface area (Å²) in [4.78, 5) is 0. The first kappa shape index (κ1) is 12.1. The molecule has 0 aliphatic rings. The largest absolute Gasteiger partial charge is 0.496 e. The van der Waals surface area contributed by atoms with E-state index >= 15 is 0 Å². The van der Waals surface area contributed by atoms with E-state index in [0.29, 0.717) is 5.56 Å². The van der Waals surface area contributed by atoms with Gasteiger partial charge in [-0.05, 0) is 23.8 Å². The number of nitriles is 1.